The maximum absolute atomic E-state index is 13.8. The summed E-state index contributed by atoms with van der Waals surface area (Å²) < 4.78 is 81.1. The molecule has 0 atom stereocenters. The van der Waals surface area contributed by atoms with Crippen molar-refractivity contribution in [1.29, 1.82) is 0 Å². The highest BCUT2D eigenvalue weighted by Crippen LogP contribution is 2.41. The van der Waals surface area contributed by atoms with Gasteiger partial charge in [0.25, 0.3) is 0 Å². The minimum absolute atomic E-state index is 0.0271. The summed E-state index contributed by atoms with van der Waals surface area (Å²) in [4.78, 5) is 22.3. The van der Waals surface area contributed by atoms with Gasteiger partial charge in [-0.2, -0.15) is 31.4 Å². The molecule has 3 N–H and O–H groups in total. The van der Waals surface area contributed by atoms with E-state index in [1.165, 1.54) is 24.4 Å². The zero-order valence-corrected chi connectivity index (χ0v) is 18.4. The smallest absolute Gasteiger partial charge is 0.417 e. The lowest BCUT2D eigenvalue weighted by Gasteiger charge is -2.15. The van der Waals surface area contributed by atoms with Gasteiger partial charge in [0.15, 0.2) is 0 Å². The maximum Gasteiger partial charge on any atom is 0.417 e. The number of carboxylic acids is 1. The first-order chi connectivity index (χ1) is 16.8. The number of carboxylic acid groups (broad SMARTS) is 1. The lowest BCUT2D eigenvalue weighted by molar-refractivity contribution is -0.143. The lowest BCUT2D eigenvalue weighted by atomic mass is 9.96. The minimum Gasteiger partial charge on any atom is -0.493 e. The van der Waals surface area contributed by atoms with Crippen LogP contribution in [0.1, 0.15) is 27.1 Å². The van der Waals surface area contributed by atoms with E-state index in [-0.39, 0.29) is 22.1 Å². The van der Waals surface area contributed by atoms with E-state index in [0.717, 1.165) is 6.08 Å². The predicted octanol–water partition coefficient (Wildman–Crippen LogP) is 5.20. The van der Waals surface area contributed by atoms with Crippen LogP contribution in [-0.4, -0.2) is 30.9 Å². The largest absolute Gasteiger partial charge is 0.493 e. The fraction of sp³-hybridized carbons (Fsp3) is 0.136. The Morgan fingerprint density at radius 1 is 1.08 bits per heavy atom. The number of aromatic hydroxyl groups is 1. The molecule has 0 aliphatic heterocycles. The number of benzene rings is 2. The lowest BCUT2D eigenvalue weighted by Crippen LogP contribution is -2.18. The Hall–Kier alpha value is -4.07. The van der Waals surface area contributed by atoms with Gasteiger partial charge < -0.3 is 10.2 Å². The van der Waals surface area contributed by atoms with Gasteiger partial charge in [-0.3, -0.25) is 19.3 Å². The number of hydrogen-bond donors (Lipinski definition) is 3. The molecule has 0 saturated heterocycles. The summed E-state index contributed by atoms with van der Waals surface area (Å²) in [7, 11) is 0. The van der Waals surface area contributed by atoms with Gasteiger partial charge in [-0.05, 0) is 41.5 Å². The van der Waals surface area contributed by atoms with Gasteiger partial charge in [0.1, 0.15) is 11.4 Å². The molecule has 36 heavy (non-hydrogen) atoms. The van der Waals surface area contributed by atoms with E-state index < -0.39 is 52.3 Å². The summed E-state index contributed by atoms with van der Waals surface area (Å²) in [6.45, 7) is -0.913. The molecule has 0 aliphatic carbocycles. The minimum atomic E-state index is -5.17. The van der Waals surface area contributed by atoms with Crippen LogP contribution < -0.4 is 4.87 Å². The summed E-state index contributed by atoms with van der Waals surface area (Å²) in [5, 5.41) is 26.7. The molecule has 4 rings (SSSR count). The van der Waals surface area contributed by atoms with Crippen LogP contribution in [0.3, 0.4) is 0 Å². The Kier molecular flexibility index (Phi) is 6.16. The number of halogens is 6. The van der Waals surface area contributed by atoms with Crippen LogP contribution in [0, 0.1) is 0 Å². The highest BCUT2D eigenvalue weighted by molar-refractivity contribution is 7.11. The normalized spacial score (nSPS) is 12.9. The quantitative estimate of drug-likeness (QED) is 0.243. The van der Waals surface area contributed by atoms with Crippen LogP contribution in [0.5, 0.6) is 5.88 Å². The topological polar surface area (TPSA) is 108 Å². The Balaban J connectivity index is 2.01. The molecule has 2 heterocycles. The van der Waals surface area contributed by atoms with Crippen molar-refractivity contribution < 1.29 is 41.4 Å². The van der Waals surface area contributed by atoms with Crippen LogP contribution in [0.4, 0.5) is 26.3 Å². The molecule has 0 unspecified atom stereocenters. The number of alkyl halides is 6. The zero-order chi connectivity index (χ0) is 26.4. The van der Waals surface area contributed by atoms with E-state index >= 15 is 0 Å². The number of fused-ring (bicyclic) bond motifs is 1. The molecule has 0 fully saturated rings. The van der Waals surface area contributed by atoms with Crippen molar-refractivity contribution in [3.05, 3.63) is 79.4 Å². The van der Waals surface area contributed by atoms with Crippen LogP contribution in [0.25, 0.3) is 22.6 Å². The molecule has 0 spiro atoms. The second-order valence-corrected chi connectivity index (χ2v) is 8.49. The molecular weight excluding hydrogens is 516 g/mol. The Morgan fingerprint density at radius 2 is 1.81 bits per heavy atom. The standard InChI is InChI=1S/C22H13F6N3O4S/c23-21(24,25)13-3-1-11(15(7-13)22(26,27)28)6-14(10-2-4-16-12(5-10)8-29-30-16)18-19(34)31(9-17(32)33)20(35)36-18/h1-8,34H,9H2,(H,29,30)(H,32,33). The van der Waals surface area contributed by atoms with Crippen LogP contribution in [0.2, 0.25) is 0 Å². The van der Waals surface area contributed by atoms with Crippen molar-refractivity contribution in [3.8, 4) is 5.88 Å². The zero-order valence-electron chi connectivity index (χ0n) is 17.6. The summed E-state index contributed by atoms with van der Waals surface area (Å²) in [6, 6.07) is 5.53. The number of carbonyl (C=O) groups is 1. The highest BCUT2D eigenvalue weighted by Gasteiger charge is 2.38. The number of nitrogens with zero attached hydrogens (tertiary/aromatic N) is 2. The van der Waals surface area contributed by atoms with Crippen molar-refractivity contribution in [2.75, 3.05) is 0 Å². The average molecular weight is 529 g/mol. The van der Waals surface area contributed by atoms with E-state index in [0.29, 0.717) is 38.9 Å². The van der Waals surface area contributed by atoms with Gasteiger partial charge in [0, 0.05) is 11.0 Å². The summed E-state index contributed by atoms with van der Waals surface area (Å²) in [5.74, 6) is -2.27. The first kappa shape index (κ1) is 25.0. The first-order valence-corrected chi connectivity index (χ1v) is 10.7. The van der Waals surface area contributed by atoms with E-state index in [9.17, 15) is 41.0 Å². The van der Waals surface area contributed by atoms with Crippen LogP contribution in [0.15, 0.2) is 47.4 Å². The molecule has 2 aromatic carbocycles. The van der Waals surface area contributed by atoms with Crippen molar-refractivity contribution in [2.24, 2.45) is 0 Å². The second kappa shape index (κ2) is 8.86. The van der Waals surface area contributed by atoms with E-state index in [4.69, 9.17) is 5.11 Å². The molecule has 7 nitrogen and oxygen atoms in total. The maximum atomic E-state index is 13.8. The number of hydrogen-bond acceptors (Lipinski definition) is 5. The fourth-order valence-electron chi connectivity index (χ4n) is 3.50. The van der Waals surface area contributed by atoms with Crippen molar-refractivity contribution in [3.63, 3.8) is 0 Å². The molecule has 0 amide bonds. The number of H-pyrrole nitrogens is 1. The third-order valence-corrected chi connectivity index (χ3v) is 6.15. The van der Waals surface area contributed by atoms with Crippen molar-refractivity contribution >= 4 is 39.9 Å². The third kappa shape index (κ3) is 4.84. The Bertz CT molecular complexity index is 1560. The molecule has 0 radical (unpaired) electrons. The Morgan fingerprint density at radius 3 is 2.44 bits per heavy atom. The number of nitrogens with one attached hydrogen (secondary N) is 1. The highest BCUT2D eigenvalue weighted by atomic mass is 32.1. The molecule has 4 aromatic rings. The summed E-state index contributed by atoms with van der Waals surface area (Å²) >= 11 is 0.374. The van der Waals surface area contributed by atoms with Crippen molar-refractivity contribution in [2.45, 2.75) is 18.9 Å². The molecule has 0 saturated carbocycles. The predicted molar refractivity (Wildman–Crippen MR) is 117 cm³/mol. The van der Waals surface area contributed by atoms with Crippen LogP contribution >= 0.6 is 11.3 Å². The van der Waals surface area contributed by atoms with Crippen molar-refractivity contribution in [1.82, 2.24) is 14.8 Å². The Labute approximate surface area is 200 Å². The van der Waals surface area contributed by atoms with Crippen LogP contribution in [-0.2, 0) is 23.7 Å². The second-order valence-electron chi connectivity index (χ2n) is 7.53. The van der Waals surface area contributed by atoms with Gasteiger partial charge >= 0.3 is 23.2 Å². The van der Waals surface area contributed by atoms with E-state index in [1.54, 1.807) is 0 Å². The third-order valence-electron chi connectivity index (χ3n) is 5.14. The number of aromatic amines is 1. The summed E-state index contributed by atoms with van der Waals surface area (Å²) in [5.41, 5.74) is -3.15. The monoisotopic (exact) mass is 529 g/mol. The summed E-state index contributed by atoms with van der Waals surface area (Å²) in [6.07, 6.45) is -7.89. The molecule has 0 aliphatic rings. The first-order valence-electron chi connectivity index (χ1n) is 9.84. The number of aliphatic carboxylic acids is 1. The molecule has 2 aromatic heterocycles. The number of thiazole rings is 1. The average Bonchev–Trinajstić information content (AvgIpc) is 3.35. The fourth-order valence-corrected chi connectivity index (χ4v) is 4.42. The van der Waals surface area contributed by atoms with Gasteiger partial charge in [-0.1, -0.05) is 23.5 Å². The molecular formula is C22H13F6N3O4S. The SMILES string of the molecule is O=C(O)Cn1c(O)c(C(=Cc2ccc(C(F)(F)F)cc2C(F)(F)F)c2ccc3[nH]ncc3c2)sc1=O. The molecule has 0 bridgehead atoms. The molecule has 14 heteroatoms. The van der Waals surface area contributed by atoms with Gasteiger partial charge in [0.2, 0.25) is 5.88 Å². The van der Waals surface area contributed by atoms with Gasteiger partial charge in [-0.15, -0.1) is 0 Å². The molecule has 188 valence electrons. The number of rotatable bonds is 5. The van der Waals surface area contributed by atoms with E-state index in [1.807, 2.05) is 0 Å². The number of aromatic nitrogens is 3. The van der Waals surface area contributed by atoms with Gasteiger partial charge in [0.05, 0.1) is 22.8 Å². The van der Waals surface area contributed by atoms with Gasteiger partial charge in [-0.25, -0.2) is 0 Å². The van der Waals surface area contributed by atoms with E-state index in [2.05, 4.69) is 10.2 Å².